The first-order valence-corrected chi connectivity index (χ1v) is 15.2. The number of ether oxygens (including phenoxy) is 1. The lowest BCUT2D eigenvalue weighted by atomic mass is 9.70. The summed E-state index contributed by atoms with van der Waals surface area (Å²) >= 11 is 8.59. The molecule has 4 nitrogen and oxygen atoms in total. The lowest BCUT2D eigenvalue weighted by Gasteiger charge is -2.44. The quantitative estimate of drug-likeness (QED) is 0.420. The first-order chi connectivity index (χ1) is 17.6. The van der Waals surface area contributed by atoms with Crippen LogP contribution in [-0.4, -0.2) is 43.2 Å². The van der Waals surface area contributed by atoms with Crippen molar-refractivity contribution in [2.45, 2.75) is 68.5 Å². The molecule has 1 fully saturated rings. The van der Waals surface area contributed by atoms with E-state index in [2.05, 4.69) is 40.2 Å². The molecule has 192 valence electrons. The van der Waals surface area contributed by atoms with Crippen LogP contribution < -0.4 is 15.0 Å². The summed E-state index contributed by atoms with van der Waals surface area (Å²) in [5.41, 5.74) is 4.53. The highest BCUT2D eigenvalue weighted by Gasteiger charge is 2.43. The number of nitrogens with zero attached hydrogens (tertiary/aromatic N) is 1. The van der Waals surface area contributed by atoms with Crippen molar-refractivity contribution in [1.82, 2.24) is 5.32 Å². The molecule has 36 heavy (non-hydrogen) atoms. The van der Waals surface area contributed by atoms with Crippen molar-refractivity contribution in [1.29, 1.82) is 0 Å². The van der Waals surface area contributed by atoms with Crippen molar-refractivity contribution in [3.63, 3.8) is 0 Å². The Bertz CT molecular complexity index is 1120. The number of thioether (sulfide) groups is 1. The lowest BCUT2D eigenvalue weighted by Crippen LogP contribution is -2.49. The maximum atomic E-state index is 13.0. The van der Waals surface area contributed by atoms with Crippen LogP contribution in [0.2, 0.25) is 5.02 Å². The Balaban J connectivity index is 1.37. The van der Waals surface area contributed by atoms with Crippen molar-refractivity contribution in [3.05, 3.63) is 58.1 Å². The lowest BCUT2D eigenvalue weighted by molar-refractivity contribution is 0.0953. The molecular weight excluding hydrogens is 488 g/mol. The summed E-state index contributed by atoms with van der Waals surface area (Å²) in [5.74, 6) is 2.89. The molecule has 2 heterocycles. The van der Waals surface area contributed by atoms with Crippen LogP contribution in [0.3, 0.4) is 0 Å². The highest BCUT2D eigenvalue weighted by Crippen LogP contribution is 2.46. The number of hydrogen-bond donors (Lipinski definition) is 1. The number of carbonyl (C=O) groups is 1. The van der Waals surface area contributed by atoms with Gasteiger partial charge in [-0.05, 0) is 98.1 Å². The van der Waals surface area contributed by atoms with Crippen molar-refractivity contribution >= 4 is 35.0 Å². The summed E-state index contributed by atoms with van der Waals surface area (Å²) < 4.78 is 6.60. The summed E-state index contributed by atoms with van der Waals surface area (Å²) in [4.78, 5) is 15.6. The van der Waals surface area contributed by atoms with Crippen molar-refractivity contribution in [2.75, 3.05) is 36.9 Å². The van der Waals surface area contributed by atoms with Crippen molar-refractivity contribution < 1.29 is 9.53 Å². The molecule has 6 rings (SSSR count). The van der Waals surface area contributed by atoms with Crippen LogP contribution in [0, 0.1) is 5.92 Å². The van der Waals surface area contributed by atoms with Crippen LogP contribution in [0.5, 0.6) is 5.75 Å². The number of aryl methyl sites for hydroxylation is 1. The zero-order valence-corrected chi connectivity index (χ0v) is 22.6. The molecule has 0 saturated heterocycles. The molecule has 0 unspecified atom stereocenters. The maximum absolute atomic E-state index is 13.0. The Kier molecular flexibility index (Phi) is 7.14. The Hall–Kier alpha value is -1.85. The van der Waals surface area contributed by atoms with Crippen LogP contribution in [0.15, 0.2) is 36.4 Å². The van der Waals surface area contributed by atoms with E-state index in [1.807, 2.05) is 18.2 Å². The van der Waals surface area contributed by atoms with Gasteiger partial charge in [0.1, 0.15) is 5.75 Å². The third-order valence-electron chi connectivity index (χ3n) is 8.79. The summed E-state index contributed by atoms with van der Waals surface area (Å²) in [6.45, 7) is 3.37. The second-order valence-electron chi connectivity index (χ2n) is 11.2. The summed E-state index contributed by atoms with van der Waals surface area (Å²) in [6, 6.07) is 12.5. The van der Waals surface area contributed by atoms with Gasteiger partial charge in [-0.15, -0.1) is 0 Å². The number of anilines is 1. The number of fused-ring (bicyclic) bond motifs is 4. The molecule has 2 aliphatic heterocycles. The number of amides is 1. The number of carbonyl (C=O) groups excluding carboxylic acids is 1. The third-order valence-corrected chi connectivity index (χ3v) is 10.6. The predicted molar refractivity (Wildman–Crippen MR) is 150 cm³/mol. The molecule has 1 amide bonds. The smallest absolute Gasteiger partial charge is 0.251 e. The fourth-order valence-electron chi connectivity index (χ4n) is 6.62. The number of halogens is 1. The Morgan fingerprint density at radius 2 is 1.97 bits per heavy atom. The molecule has 0 radical (unpaired) electrons. The highest BCUT2D eigenvalue weighted by atomic mass is 35.5. The van der Waals surface area contributed by atoms with Gasteiger partial charge in [0, 0.05) is 40.9 Å². The standard InChI is InChI=1S/C30H37ClN2O2S/c31-24-9-10-25-21(16-24)6-5-13-30(25)19-33-18-23-8-12-28(23)36-15-4-2-1-3-14-32-29(34)22-7-11-27(35-20-30)26(33)17-22/h7,9-11,16-17,23,28H,1-6,8,12-15,18-20H2,(H,32,34)/t23-,28-,30-/m0/s1. The molecule has 2 bridgehead atoms. The molecule has 1 saturated carbocycles. The minimum atomic E-state index is -0.0627. The van der Waals surface area contributed by atoms with E-state index in [0.717, 1.165) is 72.6 Å². The molecule has 1 spiro atoms. The number of benzene rings is 2. The molecule has 4 aliphatic rings. The van der Waals surface area contributed by atoms with E-state index in [1.165, 1.54) is 49.0 Å². The van der Waals surface area contributed by atoms with Gasteiger partial charge in [0.2, 0.25) is 0 Å². The van der Waals surface area contributed by atoms with Crippen LogP contribution in [0.1, 0.15) is 72.9 Å². The number of rotatable bonds is 0. The van der Waals surface area contributed by atoms with E-state index in [1.54, 1.807) is 0 Å². The topological polar surface area (TPSA) is 41.6 Å². The summed E-state index contributed by atoms with van der Waals surface area (Å²) in [7, 11) is 0. The molecule has 1 N–H and O–H groups in total. The van der Waals surface area contributed by atoms with Crippen molar-refractivity contribution in [3.8, 4) is 5.75 Å². The van der Waals surface area contributed by atoms with Crippen molar-refractivity contribution in [2.24, 2.45) is 5.92 Å². The Morgan fingerprint density at radius 1 is 1.06 bits per heavy atom. The van der Waals surface area contributed by atoms with Crippen LogP contribution in [0.25, 0.3) is 0 Å². The molecule has 2 aromatic carbocycles. The average Bonchev–Trinajstić information content (AvgIpc) is 3.02. The highest BCUT2D eigenvalue weighted by molar-refractivity contribution is 7.99. The van der Waals surface area contributed by atoms with Gasteiger partial charge in [-0.25, -0.2) is 0 Å². The zero-order valence-electron chi connectivity index (χ0n) is 21.1. The normalized spacial score (nSPS) is 28.7. The third kappa shape index (κ3) is 4.86. The molecular formula is C30H37ClN2O2S. The second-order valence-corrected chi connectivity index (χ2v) is 13.0. The van der Waals surface area contributed by atoms with Crippen LogP contribution >= 0.6 is 23.4 Å². The SMILES string of the molecule is O=C1NCCCCCCS[C@H]2CC[C@H]2CN2C[C@@]3(CCCc4cc(Cl)ccc43)COc3ccc1cc32. The van der Waals surface area contributed by atoms with Gasteiger partial charge in [-0.2, -0.15) is 11.8 Å². The van der Waals surface area contributed by atoms with Gasteiger partial charge in [0.05, 0.1) is 12.3 Å². The largest absolute Gasteiger partial charge is 0.490 e. The number of nitrogens with one attached hydrogen (secondary N) is 1. The first kappa shape index (κ1) is 24.5. The summed E-state index contributed by atoms with van der Waals surface area (Å²) in [6.07, 6.45) is 10.8. The minimum Gasteiger partial charge on any atom is -0.490 e. The first-order valence-electron chi connectivity index (χ1n) is 13.8. The van der Waals surface area contributed by atoms with E-state index < -0.39 is 0 Å². The molecule has 2 aromatic rings. The molecule has 2 aliphatic carbocycles. The monoisotopic (exact) mass is 524 g/mol. The van der Waals surface area contributed by atoms with Gasteiger partial charge >= 0.3 is 0 Å². The molecule has 6 heteroatoms. The van der Waals surface area contributed by atoms with E-state index >= 15 is 0 Å². The molecule has 3 atom stereocenters. The fraction of sp³-hybridized carbons (Fsp3) is 0.567. The Morgan fingerprint density at radius 3 is 2.86 bits per heavy atom. The zero-order chi connectivity index (χ0) is 24.5. The van der Waals surface area contributed by atoms with E-state index in [9.17, 15) is 4.79 Å². The van der Waals surface area contributed by atoms with Crippen LogP contribution in [-0.2, 0) is 11.8 Å². The Labute approximate surface area is 224 Å². The predicted octanol–water partition coefficient (Wildman–Crippen LogP) is 6.63. The van der Waals surface area contributed by atoms with Gasteiger partial charge in [0.25, 0.3) is 5.91 Å². The van der Waals surface area contributed by atoms with E-state index in [-0.39, 0.29) is 11.3 Å². The van der Waals surface area contributed by atoms with Gasteiger partial charge in [-0.1, -0.05) is 30.5 Å². The van der Waals surface area contributed by atoms with Gasteiger partial charge in [-0.3, -0.25) is 4.79 Å². The van der Waals surface area contributed by atoms with E-state index in [4.69, 9.17) is 16.3 Å². The second kappa shape index (κ2) is 10.5. The maximum Gasteiger partial charge on any atom is 0.251 e. The van der Waals surface area contributed by atoms with Gasteiger partial charge < -0.3 is 15.0 Å². The van der Waals surface area contributed by atoms with Gasteiger partial charge in [0.15, 0.2) is 0 Å². The molecule has 0 aromatic heterocycles. The van der Waals surface area contributed by atoms with Crippen LogP contribution in [0.4, 0.5) is 5.69 Å². The minimum absolute atomic E-state index is 0.0264. The average molecular weight is 525 g/mol. The van der Waals surface area contributed by atoms with E-state index in [0.29, 0.717) is 12.5 Å². The summed E-state index contributed by atoms with van der Waals surface area (Å²) in [5, 5.41) is 4.72. The number of hydrogen-bond acceptors (Lipinski definition) is 4. The fourth-order valence-corrected chi connectivity index (χ4v) is 8.29.